The molecule has 0 aromatic heterocycles. The fourth-order valence-electron chi connectivity index (χ4n) is 2.26. The Labute approximate surface area is 149 Å². The number of hydrogen-bond donors (Lipinski definition) is 3. The number of methoxy groups -OCH3 is 1. The number of ether oxygens (including phenoxy) is 2. The standard InChI is InChI=1S/C14H17F2N3O6S/c1-24-13(20)18-6-9-7-19(14(21)25-9)8-4-10(15)12(11(16)5-8)17-2-3-26(22)23/h4-5,9,17H,2-3,6-7H2,1H3,(H,18,20)(H,22,23)/t9-/m0/s1. The van der Waals surface area contributed by atoms with E-state index in [9.17, 15) is 22.6 Å². The number of nitrogens with zero attached hydrogens (tertiary/aromatic N) is 1. The van der Waals surface area contributed by atoms with Crippen LogP contribution >= 0.6 is 0 Å². The van der Waals surface area contributed by atoms with E-state index in [1.165, 1.54) is 7.11 Å². The molecule has 1 aliphatic heterocycles. The van der Waals surface area contributed by atoms with Crippen LogP contribution in [0, 0.1) is 11.6 Å². The van der Waals surface area contributed by atoms with E-state index in [-0.39, 0.29) is 31.1 Å². The number of cyclic esters (lactones) is 1. The molecule has 26 heavy (non-hydrogen) atoms. The van der Waals surface area contributed by atoms with Gasteiger partial charge in [0.1, 0.15) is 11.8 Å². The quantitative estimate of drug-likeness (QED) is 0.598. The Morgan fingerprint density at radius 2 is 2.12 bits per heavy atom. The Morgan fingerprint density at radius 3 is 2.69 bits per heavy atom. The van der Waals surface area contributed by atoms with Crippen LogP contribution in [0.15, 0.2) is 12.1 Å². The number of halogens is 2. The van der Waals surface area contributed by atoms with Gasteiger partial charge < -0.3 is 24.7 Å². The molecular weight excluding hydrogens is 376 g/mol. The Bertz CT molecular complexity index is 697. The molecule has 144 valence electrons. The molecule has 1 aliphatic rings. The van der Waals surface area contributed by atoms with Gasteiger partial charge in [0.15, 0.2) is 22.7 Å². The van der Waals surface area contributed by atoms with Gasteiger partial charge in [-0.25, -0.2) is 22.6 Å². The number of nitrogens with one attached hydrogen (secondary N) is 2. The summed E-state index contributed by atoms with van der Waals surface area (Å²) >= 11 is -2.09. The fourth-order valence-corrected chi connectivity index (χ4v) is 2.53. The third kappa shape index (κ3) is 5.02. The maximum Gasteiger partial charge on any atom is 0.414 e. The lowest BCUT2D eigenvalue weighted by molar-refractivity contribution is 0.132. The van der Waals surface area contributed by atoms with Gasteiger partial charge in [-0.15, -0.1) is 0 Å². The first-order valence-corrected chi connectivity index (χ1v) is 8.69. The van der Waals surface area contributed by atoms with Crippen molar-refractivity contribution < 1.29 is 36.6 Å². The second kappa shape index (κ2) is 8.76. The Morgan fingerprint density at radius 1 is 1.46 bits per heavy atom. The summed E-state index contributed by atoms with van der Waals surface area (Å²) in [6.45, 7) is -0.140. The van der Waals surface area contributed by atoms with Crippen LogP contribution in [0.25, 0.3) is 0 Å². The molecule has 1 fully saturated rings. The average Bonchev–Trinajstić information content (AvgIpc) is 2.95. The van der Waals surface area contributed by atoms with Gasteiger partial charge in [0, 0.05) is 18.7 Å². The van der Waals surface area contributed by atoms with Crippen molar-refractivity contribution in [3.63, 3.8) is 0 Å². The second-order valence-corrected chi connectivity index (χ2v) is 6.28. The third-order valence-electron chi connectivity index (χ3n) is 3.45. The van der Waals surface area contributed by atoms with Crippen LogP contribution < -0.4 is 15.5 Å². The first-order chi connectivity index (χ1) is 12.3. The zero-order chi connectivity index (χ0) is 19.3. The summed E-state index contributed by atoms with van der Waals surface area (Å²) in [7, 11) is 1.18. The molecule has 1 heterocycles. The normalized spacial score (nSPS) is 17.6. The molecule has 0 saturated carbocycles. The lowest BCUT2D eigenvalue weighted by atomic mass is 10.2. The summed E-state index contributed by atoms with van der Waals surface area (Å²) in [5.41, 5.74) is -0.516. The molecule has 0 bridgehead atoms. The summed E-state index contributed by atoms with van der Waals surface area (Å²) < 4.78 is 56.9. The van der Waals surface area contributed by atoms with Crippen molar-refractivity contribution in [1.82, 2.24) is 5.32 Å². The number of carbonyl (C=O) groups is 2. The van der Waals surface area contributed by atoms with Gasteiger partial charge >= 0.3 is 12.2 Å². The van der Waals surface area contributed by atoms with Crippen molar-refractivity contribution in [2.75, 3.05) is 42.7 Å². The van der Waals surface area contributed by atoms with Crippen LogP contribution in [-0.2, 0) is 20.6 Å². The first kappa shape index (κ1) is 19.8. The van der Waals surface area contributed by atoms with Crippen LogP contribution in [0.1, 0.15) is 0 Å². The molecule has 12 heteroatoms. The van der Waals surface area contributed by atoms with E-state index in [1.54, 1.807) is 0 Å². The Kier molecular flexibility index (Phi) is 6.69. The molecule has 3 N–H and O–H groups in total. The highest BCUT2D eigenvalue weighted by Crippen LogP contribution is 2.28. The first-order valence-electron chi connectivity index (χ1n) is 7.42. The van der Waals surface area contributed by atoms with Gasteiger partial charge in [0.05, 0.1) is 31.6 Å². The van der Waals surface area contributed by atoms with E-state index < -0.39 is 46.7 Å². The zero-order valence-corrected chi connectivity index (χ0v) is 14.5. The van der Waals surface area contributed by atoms with Crippen molar-refractivity contribution in [3.8, 4) is 0 Å². The van der Waals surface area contributed by atoms with Crippen molar-refractivity contribution >= 4 is 34.6 Å². The van der Waals surface area contributed by atoms with Crippen molar-refractivity contribution in [2.45, 2.75) is 6.10 Å². The van der Waals surface area contributed by atoms with E-state index in [4.69, 9.17) is 9.29 Å². The van der Waals surface area contributed by atoms with Gasteiger partial charge in [-0.3, -0.25) is 4.90 Å². The second-order valence-electron chi connectivity index (χ2n) is 5.23. The highest BCUT2D eigenvalue weighted by Gasteiger charge is 2.33. The van der Waals surface area contributed by atoms with Gasteiger partial charge in [0.2, 0.25) is 0 Å². The molecule has 1 aromatic carbocycles. The van der Waals surface area contributed by atoms with Crippen LogP contribution in [0.3, 0.4) is 0 Å². The third-order valence-corrected chi connectivity index (χ3v) is 4.00. The minimum Gasteiger partial charge on any atom is -0.453 e. The van der Waals surface area contributed by atoms with Crippen molar-refractivity contribution in [2.24, 2.45) is 0 Å². The largest absolute Gasteiger partial charge is 0.453 e. The average molecular weight is 393 g/mol. The lowest BCUT2D eigenvalue weighted by Gasteiger charge is -2.16. The fraction of sp³-hybridized carbons (Fsp3) is 0.429. The number of rotatable bonds is 7. The molecule has 2 rings (SSSR count). The van der Waals surface area contributed by atoms with Gasteiger partial charge in [-0.05, 0) is 0 Å². The monoisotopic (exact) mass is 393 g/mol. The summed E-state index contributed by atoms with van der Waals surface area (Å²) in [5.74, 6) is -2.13. The van der Waals surface area contributed by atoms with Crippen LogP contribution in [0.5, 0.6) is 0 Å². The number of hydrogen-bond acceptors (Lipinski definition) is 6. The predicted octanol–water partition coefficient (Wildman–Crippen LogP) is 1.28. The van der Waals surface area contributed by atoms with Crippen molar-refractivity contribution in [1.29, 1.82) is 0 Å². The maximum absolute atomic E-state index is 14.1. The number of carbonyl (C=O) groups excluding carboxylic acids is 2. The van der Waals surface area contributed by atoms with E-state index in [2.05, 4.69) is 15.4 Å². The van der Waals surface area contributed by atoms with E-state index in [0.29, 0.717) is 0 Å². The minimum atomic E-state index is -2.09. The Balaban J connectivity index is 2.05. The van der Waals surface area contributed by atoms with Crippen LogP contribution in [0.4, 0.5) is 29.7 Å². The molecule has 2 atom stereocenters. The highest BCUT2D eigenvalue weighted by molar-refractivity contribution is 7.79. The molecule has 2 amide bonds. The molecule has 0 spiro atoms. The minimum absolute atomic E-state index is 0.0159. The molecule has 1 aromatic rings. The molecule has 1 unspecified atom stereocenters. The smallest absolute Gasteiger partial charge is 0.414 e. The van der Waals surface area contributed by atoms with E-state index in [0.717, 1.165) is 17.0 Å². The molecule has 0 radical (unpaired) electrons. The summed E-state index contributed by atoms with van der Waals surface area (Å²) in [6, 6.07) is 1.89. The van der Waals surface area contributed by atoms with Gasteiger partial charge in [-0.1, -0.05) is 0 Å². The molecule has 0 aliphatic carbocycles. The Hall–Kier alpha value is -2.47. The molecular formula is C14H17F2N3O6S. The van der Waals surface area contributed by atoms with Crippen molar-refractivity contribution in [3.05, 3.63) is 23.8 Å². The topological polar surface area (TPSA) is 117 Å². The SMILES string of the molecule is COC(=O)NC[C@H]1CN(c2cc(F)c(NCCS(=O)O)c(F)c2)C(=O)O1. The lowest BCUT2D eigenvalue weighted by Crippen LogP contribution is -2.34. The highest BCUT2D eigenvalue weighted by atomic mass is 32.2. The summed E-state index contributed by atoms with van der Waals surface area (Å²) in [4.78, 5) is 24.0. The number of anilines is 2. The number of benzene rings is 1. The summed E-state index contributed by atoms with van der Waals surface area (Å²) in [5, 5.41) is 4.75. The summed E-state index contributed by atoms with van der Waals surface area (Å²) in [6.07, 6.45) is -2.21. The molecule has 1 saturated heterocycles. The zero-order valence-electron chi connectivity index (χ0n) is 13.7. The van der Waals surface area contributed by atoms with E-state index >= 15 is 0 Å². The number of amides is 2. The van der Waals surface area contributed by atoms with Crippen LogP contribution in [-0.4, -0.2) is 59.5 Å². The van der Waals surface area contributed by atoms with E-state index in [1.807, 2.05) is 0 Å². The van der Waals surface area contributed by atoms with Gasteiger partial charge in [0.25, 0.3) is 0 Å². The van der Waals surface area contributed by atoms with Crippen LogP contribution in [0.2, 0.25) is 0 Å². The maximum atomic E-state index is 14.1. The van der Waals surface area contributed by atoms with Gasteiger partial charge in [-0.2, -0.15) is 0 Å². The predicted molar refractivity (Wildman–Crippen MR) is 88.5 cm³/mol. The molecule has 9 nitrogen and oxygen atoms in total. The number of alkyl carbamates (subject to hydrolysis) is 1.